The number of hydrogen-bond donors (Lipinski definition) is 1. The zero-order valence-electron chi connectivity index (χ0n) is 7.95. The summed E-state index contributed by atoms with van der Waals surface area (Å²) in [5, 5.41) is 2.97. The van der Waals surface area contributed by atoms with E-state index in [1.54, 1.807) is 31.6 Å². The van der Waals surface area contributed by atoms with Crippen LogP contribution in [-0.2, 0) is 0 Å². The standard InChI is InChI=1S/C10H14N2O/c1-3-9(11-2)10(13)8-5-4-6-12-7-8/h4-7,9,11H,3H2,1-2H3. The van der Waals surface area contributed by atoms with Gasteiger partial charge in [0, 0.05) is 18.0 Å². The lowest BCUT2D eigenvalue weighted by atomic mass is 10.0. The summed E-state index contributed by atoms with van der Waals surface area (Å²) < 4.78 is 0. The molecule has 70 valence electrons. The molecule has 1 unspecified atom stereocenters. The van der Waals surface area contributed by atoms with E-state index in [9.17, 15) is 4.79 Å². The first-order valence-corrected chi connectivity index (χ1v) is 4.41. The van der Waals surface area contributed by atoms with Crippen LogP contribution in [0.15, 0.2) is 24.5 Å². The monoisotopic (exact) mass is 178 g/mol. The van der Waals surface area contributed by atoms with Crippen molar-refractivity contribution in [3.63, 3.8) is 0 Å². The van der Waals surface area contributed by atoms with Crippen molar-refractivity contribution in [2.75, 3.05) is 7.05 Å². The number of pyridine rings is 1. The molecule has 1 aromatic rings. The van der Waals surface area contributed by atoms with Crippen LogP contribution in [0.5, 0.6) is 0 Å². The van der Waals surface area contributed by atoms with Gasteiger partial charge in [-0.15, -0.1) is 0 Å². The van der Waals surface area contributed by atoms with Gasteiger partial charge >= 0.3 is 0 Å². The molecule has 13 heavy (non-hydrogen) atoms. The molecular formula is C10H14N2O. The Morgan fingerprint density at radius 3 is 2.92 bits per heavy atom. The Bertz CT molecular complexity index is 268. The van der Waals surface area contributed by atoms with Crippen molar-refractivity contribution in [1.29, 1.82) is 0 Å². The van der Waals surface area contributed by atoms with Gasteiger partial charge in [0.25, 0.3) is 0 Å². The third-order valence-corrected chi connectivity index (χ3v) is 2.02. The van der Waals surface area contributed by atoms with Crippen LogP contribution in [0.1, 0.15) is 23.7 Å². The molecule has 0 fully saturated rings. The van der Waals surface area contributed by atoms with Gasteiger partial charge in [0.2, 0.25) is 0 Å². The number of aromatic nitrogens is 1. The highest BCUT2D eigenvalue weighted by Gasteiger charge is 2.15. The SMILES string of the molecule is CCC(NC)C(=O)c1cccnc1. The van der Waals surface area contributed by atoms with E-state index in [1.807, 2.05) is 6.92 Å². The van der Waals surface area contributed by atoms with E-state index < -0.39 is 0 Å². The number of ketones is 1. The molecule has 0 aliphatic heterocycles. The fourth-order valence-corrected chi connectivity index (χ4v) is 1.23. The quantitative estimate of drug-likeness (QED) is 0.706. The summed E-state index contributed by atoms with van der Waals surface area (Å²) in [5.41, 5.74) is 0.670. The molecule has 0 aliphatic rings. The molecule has 0 saturated heterocycles. The molecule has 0 amide bonds. The van der Waals surface area contributed by atoms with E-state index in [0.717, 1.165) is 6.42 Å². The fourth-order valence-electron chi connectivity index (χ4n) is 1.23. The van der Waals surface area contributed by atoms with Crippen LogP contribution in [0.4, 0.5) is 0 Å². The molecule has 0 spiro atoms. The van der Waals surface area contributed by atoms with E-state index in [4.69, 9.17) is 0 Å². The lowest BCUT2D eigenvalue weighted by molar-refractivity contribution is 0.0944. The minimum absolute atomic E-state index is 0.0933. The maximum atomic E-state index is 11.7. The van der Waals surface area contributed by atoms with E-state index in [-0.39, 0.29) is 11.8 Å². The molecule has 0 aliphatic carbocycles. The number of hydrogen-bond acceptors (Lipinski definition) is 3. The highest BCUT2D eigenvalue weighted by Crippen LogP contribution is 2.03. The second-order valence-electron chi connectivity index (χ2n) is 2.86. The normalized spacial score (nSPS) is 12.5. The second kappa shape index (κ2) is 4.72. The van der Waals surface area contributed by atoms with Gasteiger partial charge in [-0.3, -0.25) is 9.78 Å². The van der Waals surface area contributed by atoms with Gasteiger partial charge in [-0.05, 0) is 25.6 Å². The van der Waals surface area contributed by atoms with Crippen molar-refractivity contribution in [2.45, 2.75) is 19.4 Å². The predicted molar refractivity (Wildman–Crippen MR) is 51.7 cm³/mol. The summed E-state index contributed by atoms with van der Waals surface area (Å²) in [5.74, 6) is 0.109. The van der Waals surface area contributed by atoms with Gasteiger partial charge in [-0.2, -0.15) is 0 Å². The molecule has 1 rings (SSSR count). The lowest BCUT2D eigenvalue weighted by Crippen LogP contribution is -2.33. The molecule has 1 atom stereocenters. The van der Waals surface area contributed by atoms with Crippen LogP contribution in [0.25, 0.3) is 0 Å². The number of carbonyl (C=O) groups excluding carboxylic acids is 1. The number of Topliss-reactive ketones (excluding diaryl/α,β-unsaturated/α-hetero) is 1. The van der Waals surface area contributed by atoms with Crippen LogP contribution in [0.3, 0.4) is 0 Å². The van der Waals surface area contributed by atoms with Crippen molar-refractivity contribution in [3.8, 4) is 0 Å². The van der Waals surface area contributed by atoms with Gasteiger partial charge in [0.05, 0.1) is 6.04 Å². The first-order chi connectivity index (χ1) is 6.29. The Kier molecular flexibility index (Phi) is 3.58. The molecular weight excluding hydrogens is 164 g/mol. The van der Waals surface area contributed by atoms with Gasteiger partial charge in [-0.25, -0.2) is 0 Å². The minimum Gasteiger partial charge on any atom is -0.310 e. The molecule has 0 radical (unpaired) electrons. The van der Waals surface area contributed by atoms with Gasteiger partial charge in [-0.1, -0.05) is 6.92 Å². The van der Waals surface area contributed by atoms with Crippen molar-refractivity contribution < 1.29 is 4.79 Å². The van der Waals surface area contributed by atoms with Crippen molar-refractivity contribution in [2.24, 2.45) is 0 Å². The number of likely N-dealkylation sites (N-methyl/N-ethyl adjacent to an activating group) is 1. The van der Waals surface area contributed by atoms with Crippen LogP contribution >= 0.6 is 0 Å². The second-order valence-corrected chi connectivity index (χ2v) is 2.86. The van der Waals surface area contributed by atoms with Crippen molar-refractivity contribution in [3.05, 3.63) is 30.1 Å². The summed E-state index contributed by atoms with van der Waals surface area (Å²) in [6.45, 7) is 1.98. The third-order valence-electron chi connectivity index (χ3n) is 2.02. The Hall–Kier alpha value is -1.22. The van der Waals surface area contributed by atoms with E-state index in [0.29, 0.717) is 5.56 Å². The predicted octanol–water partition coefficient (Wildman–Crippen LogP) is 1.26. The molecule has 0 aromatic carbocycles. The molecule has 1 N–H and O–H groups in total. The van der Waals surface area contributed by atoms with Crippen LogP contribution in [0.2, 0.25) is 0 Å². The van der Waals surface area contributed by atoms with E-state index in [2.05, 4.69) is 10.3 Å². The zero-order chi connectivity index (χ0) is 9.68. The Morgan fingerprint density at radius 2 is 2.46 bits per heavy atom. The van der Waals surface area contributed by atoms with Gasteiger partial charge in [0.15, 0.2) is 5.78 Å². The number of carbonyl (C=O) groups is 1. The Labute approximate surface area is 78.2 Å². The zero-order valence-corrected chi connectivity index (χ0v) is 7.95. The fraction of sp³-hybridized carbons (Fsp3) is 0.400. The van der Waals surface area contributed by atoms with Crippen molar-refractivity contribution >= 4 is 5.78 Å². The largest absolute Gasteiger partial charge is 0.310 e. The summed E-state index contributed by atoms with van der Waals surface area (Å²) >= 11 is 0. The Morgan fingerprint density at radius 1 is 1.69 bits per heavy atom. The minimum atomic E-state index is -0.0933. The van der Waals surface area contributed by atoms with E-state index >= 15 is 0 Å². The molecule has 3 nitrogen and oxygen atoms in total. The first kappa shape index (κ1) is 9.86. The topological polar surface area (TPSA) is 42.0 Å². The highest BCUT2D eigenvalue weighted by atomic mass is 16.1. The van der Waals surface area contributed by atoms with Gasteiger partial charge in [0.1, 0.15) is 0 Å². The average Bonchev–Trinajstić information content (AvgIpc) is 2.21. The third kappa shape index (κ3) is 2.36. The number of nitrogens with zero attached hydrogens (tertiary/aromatic N) is 1. The summed E-state index contributed by atoms with van der Waals surface area (Å²) in [7, 11) is 1.79. The number of rotatable bonds is 4. The van der Waals surface area contributed by atoms with E-state index in [1.165, 1.54) is 0 Å². The van der Waals surface area contributed by atoms with Crippen LogP contribution in [0, 0.1) is 0 Å². The van der Waals surface area contributed by atoms with Crippen molar-refractivity contribution in [1.82, 2.24) is 10.3 Å². The molecule has 1 heterocycles. The molecule has 3 heteroatoms. The molecule has 0 bridgehead atoms. The Balaban J connectivity index is 2.78. The lowest BCUT2D eigenvalue weighted by Gasteiger charge is -2.11. The average molecular weight is 178 g/mol. The molecule has 0 saturated carbocycles. The summed E-state index contributed by atoms with van der Waals surface area (Å²) in [6.07, 6.45) is 4.06. The smallest absolute Gasteiger partial charge is 0.181 e. The van der Waals surface area contributed by atoms with Crippen LogP contribution < -0.4 is 5.32 Å². The number of nitrogens with one attached hydrogen (secondary N) is 1. The summed E-state index contributed by atoms with van der Waals surface area (Å²) in [6, 6.07) is 3.47. The van der Waals surface area contributed by atoms with Gasteiger partial charge < -0.3 is 5.32 Å². The highest BCUT2D eigenvalue weighted by molar-refractivity contribution is 5.99. The maximum absolute atomic E-state index is 11.7. The maximum Gasteiger partial charge on any atom is 0.181 e. The van der Waals surface area contributed by atoms with Crippen LogP contribution in [-0.4, -0.2) is 23.9 Å². The summed E-state index contributed by atoms with van der Waals surface area (Å²) in [4.78, 5) is 15.6. The first-order valence-electron chi connectivity index (χ1n) is 4.41. The molecule has 1 aromatic heterocycles.